The fourth-order valence-electron chi connectivity index (χ4n) is 2.78. The van der Waals surface area contributed by atoms with Gasteiger partial charge in [-0.15, -0.1) is 10.2 Å². The maximum atomic E-state index is 12.4. The number of amides is 1. The molecule has 1 amide bonds. The Hall–Kier alpha value is -1.44. The van der Waals surface area contributed by atoms with Gasteiger partial charge in [-0.2, -0.15) is 0 Å². The summed E-state index contributed by atoms with van der Waals surface area (Å²) < 4.78 is 11.3. The lowest BCUT2D eigenvalue weighted by atomic mass is 10.2. The van der Waals surface area contributed by atoms with Crippen molar-refractivity contribution in [1.29, 1.82) is 0 Å². The van der Waals surface area contributed by atoms with Crippen molar-refractivity contribution in [3.05, 3.63) is 39.7 Å². The van der Waals surface area contributed by atoms with Crippen molar-refractivity contribution in [3.63, 3.8) is 0 Å². The first-order valence-corrected chi connectivity index (χ1v) is 10.4. The van der Waals surface area contributed by atoms with Gasteiger partial charge in [-0.1, -0.05) is 41.0 Å². The smallest absolute Gasteiger partial charge is 0.410 e. The number of carbonyl (C=O) groups excluding carboxylic acids is 1. The van der Waals surface area contributed by atoms with Crippen LogP contribution in [0.3, 0.4) is 0 Å². The van der Waals surface area contributed by atoms with Gasteiger partial charge in [0.15, 0.2) is 0 Å². The van der Waals surface area contributed by atoms with Crippen LogP contribution in [0, 0.1) is 0 Å². The van der Waals surface area contributed by atoms with E-state index in [0.717, 1.165) is 18.4 Å². The highest BCUT2D eigenvalue weighted by molar-refractivity contribution is 7.98. The van der Waals surface area contributed by atoms with Crippen LogP contribution in [0.1, 0.15) is 51.1 Å². The van der Waals surface area contributed by atoms with Crippen LogP contribution < -0.4 is 0 Å². The summed E-state index contributed by atoms with van der Waals surface area (Å²) in [5.74, 6) is 0.937. The van der Waals surface area contributed by atoms with Crippen molar-refractivity contribution in [2.75, 3.05) is 6.54 Å². The molecule has 27 heavy (non-hydrogen) atoms. The highest BCUT2D eigenvalue weighted by Crippen LogP contribution is 2.35. The largest absolute Gasteiger partial charge is 0.444 e. The van der Waals surface area contributed by atoms with E-state index in [1.165, 1.54) is 11.8 Å². The third-order valence-electron chi connectivity index (χ3n) is 3.99. The number of nitrogens with zero attached hydrogens (tertiary/aromatic N) is 3. The number of carbonyl (C=O) groups is 1. The predicted molar refractivity (Wildman–Crippen MR) is 105 cm³/mol. The van der Waals surface area contributed by atoms with Crippen LogP contribution in [0.25, 0.3) is 0 Å². The molecular weight excluding hydrogens is 409 g/mol. The van der Waals surface area contributed by atoms with Crippen LogP contribution >= 0.6 is 35.0 Å². The number of hydrogen-bond acceptors (Lipinski definition) is 6. The second-order valence-corrected chi connectivity index (χ2v) is 8.97. The third kappa shape index (κ3) is 5.09. The van der Waals surface area contributed by atoms with Crippen LogP contribution in [0.4, 0.5) is 4.79 Å². The van der Waals surface area contributed by atoms with Crippen molar-refractivity contribution in [1.82, 2.24) is 15.1 Å². The first-order valence-electron chi connectivity index (χ1n) is 8.63. The SMILES string of the molecule is CC(C)(C)OC(=O)N1CCC[C@H]1c1nnc(SCc2c(Cl)cccc2Cl)o1. The van der Waals surface area contributed by atoms with E-state index >= 15 is 0 Å². The van der Waals surface area contributed by atoms with E-state index in [-0.39, 0.29) is 12.1 Å². The molecule has 1 aliphatic heterocycles. The summed E-state index contributed by atoms with van der Waals surface area (Å²) >= 11 is 13.7. The molecule has 1 aliphatic rings. The van der Waals surface area contributed by atoms with Crippen LogP contribution in [-0.4, -0.2) is 33.3 Å². The van der Waals surface area contributed by atoms with Gasteiger partial charge >= 0.3 is 6.09 Å². The molecule has 6 nitrogen and oxygen atoms in total. The number of aromatic nitrogens is 2. The highest BCUT2D eigenvalue weighted by Gasteiger charge is 2.36. The van der Waals surface area contributed by atoms with E-state index in [1.54, 1.807) is 23.1 Å². The monoisotopic (exact) mass is 429 g/mol. The van der Waals surface area contributed by atoms with Crippen molar-refractivity contribution in [2.24, 2.45) is 0 Å². The van der Waals surface area contributed by atoms with Crippen molar-refractivity contribution in [3.8, 4) is 0 Å². The van der Waals surface area contributed by atoms with Crippen LogP contribution in [0.2, 0.25) is 10.0 Å². The fraction of sp³-hybridized carbons (Fsp3) is 0.500. The van der Waals surface area contributed by atoms with Gasteiger partial charge in [0, 0.05) is 22.3 Å². The third-order valence-corrected chi connectivity index (χ3v) is 5.54. The molecule has 0 saturated carbocycles. The van der Waals surface area contributed by atoms with Crippen LogP contribution in [0.5, 0.6) is 0 Å². The van der Waals surface area contributed by atoms with Gasteiger partial charge in [-0.25, -0.2) is 4.79 Å². The zero-order chi connectivity index (χ0) is 19.6. The Morgan fingerprint density at radius 1 is 1.33 bits per heavy atom. The summed E-state index contributed by atoms with van der Waals surface area (Å²) in [6, 6.07) is 5.12. The predicted octanol–water partition coefficient (Wildman–Crippen LogP) is 5.74. The zero-order valence-corrected chi connectivity index (χ0v) is 17.7. The Kier molecular flexibility index (Phi) is 6.23. The minimum atomic E-state index is -0.547. The molecule has 3 rings (SSSR count). The summed E-state index contributed by atoms with van der Waals surface area (Å²) in [4.78, 5) is 14.1. The summed E-state index contributed by atoms with van der Waals surface area (Å²) in [6.07, 6.45) is 1.27. The lowest BCUT2D eigenvalue weighted by Crippen LogP contribution is -2.36. The molecule has 146 valence electrons. The summed E-state index contributed by atoms with van der Waals surface area (Å²) in [7, 11) is 0. The Morgan fingerprint density at radius 3 is 2.70 bits per heavy atom. The Balaban J connectivity index is 1.67. The first-order chi connectivity index (χ1) is 12.7. The summed E-state index contributed by atoms with van der Waals surface area (Å²) in [6.45, 7) is 6.14. The van der Waals surface area contributed by atoms with E-state index in [1.807, 2.05) is 20.8 Å². The molecule has 2 heterocycles. The Labute approximate surface area is 172 Å². The molecule has 1 aromatic carbocycles. The molecule has 9 heteroatoms. The summed E-state index contributed by atoms with van der Waals surface area (Å²) in [5, 5.41) is 9.83. The molecule has 0 spiro atoms. The number of likely N-dealkylation sites (tertiary alicyclic amines) is 1. The summed E-state index contributed by atoms with van der Waals surface area (Å²) in [5.41, 5.74) is 0.274. The Bertz CT molecular complexity index is 802. The zero-order valence-electron chi connectivity index (χ0n) is 15.4. The first kappa shape index (κ1) is 20.3. The van der Waals surface area contributed by atoms with Crippen LogP contribution in [0.15, 0.2) is 27.8 Å². The van der Waals surface area contributed by atoms with Crippen molar-refractivity contribution < 1.29 is 13.9 Å². The van der Waals surface area contributed by atoms with E-state index in [2.05, 4.69) is 10.2 Å². The molecule has 0 aliphatic carbocycles. The average Bonchev–Trinajstić information content (AvgIpc) is 3.21. The highest BCUT2D eigenvalue weighted by atomic mass is 35.5. The maximum Gasteiger partial charge on any atom is 0.410 e. The van der Waals surface area contributed by atoms with E-state index < -0.39 is 5.60 Å². The molecule has 1 saturated heterocycles. The number of halogens is 2. The lowest BCUT2D eigenvalue weighted by molar-refractivity contribution is 0.0201. The number of rotatable bonds is 4. The number of hydrogen-bond donors (Lipinski definition) is 0. The second-order valence-electron chi connectivity index (χ2n) is 7.23. The minimum Gasteiger partial charge on any atom is -0.444 e. The van der Waals surface area contributed by atoms with Gasteiger partial charge < -0.3 is 9.15 Å². The standard InChI is InChI=1S/C18H21Cl2N3O3S/c1-18(2,3)26-17(24)23-9-5-8-14(23)15-21-22-16(25-15)27-10-11-12(19)6-4-7-13(11)20/h4,6-7,14H,5,8-10H2,1-3H3/t14-/m0/s1. The number of thioether (sulfide) groups is 1. The van der Waals surface area contributed by atoms with Gasteiger partial charge in [0.2, 0.25) is 5.89 Å². The fourth-order valence-corrected chi connectivity index (χ4v) is 4.29. The molecule has 1 aromatic heterocycles. The lowest BCUT2D eigenvalue weighted by Gasteiger charge is -2.27. The minimum absolute atomic E-state index is 0.259. The van der Waals surface area contributed by atoms with Gasteiger partial charge in [0.25, 0.3) is 5.22 Å². The quantitative estimate of drug-likeness (QED) is 0.576. The molecule has 1 atom stereocenters. The number of benzene rings is 1. The van der Waals surface area contributed by atoms with Crippen LogP contribution in [-0.2, 0) is 10.5 Å². The normalized spacial score (nSPS) is 17.4. The molecule has 0 unspecified atom stereocenters. The molecule has 2 aromatic rings. The van der Waals surface area contributed by atoms with Gasteiger partial charge in [0.05, 0.1) is 0 Å². The molecular formula is C18H21Cl2N3O3S. The molecule has 1 fully saturated rings. The second kappa shape index (κ2) is 8.29. The van der Waals surface area contributed by atoms with Gasteiger partial charge in [0.1, 0.15) is 11.6 Å². The van der Waals surface area contributed by atoms with Crippen molar-refractivity contribution in [2.45, 2.75) is 56.2 Å². The molecule has 0 radical (unpaired) electrons. The maximum absolute atomic E-state index is 12.4. The van der Waals surface area contributed by atoms with Gasteiger partial charge in [-0.05, 0) is 51.3 Å². The Morgan fingerprint density at radius 2 is 2.04 bits per heavy atom. The van der Waals surface area contributed by atoms with E-state index in [9.17, 15) is 4.79 Å². The van der Waals surface area contributed by atoms with E-state index in [4.69, 9.17) is 32.4 Å². The molecule has 0 N–H and O–H groups in total. The van der Waals surface area contributed by atoms with Crippen molar-refractivity contribution >= 4 is 41.1 Å². The van der Waals surface area contributed by atoms with Gasteiger partial charge in [-0.3, -0.25) is 4.90 Å². The topological polar surface area (TPSA) is 68.5 Å². The average molecular weight is 430 g/mol. The van der Waals surface area contributed by atoms with E-state index in [0.29, 0.717) is 33.5 Å². The molecule has 0 bridgehead atoms. The number of ether oxygens (including phenoxy) is 1.